The largest absolute Gasteiger partial charge is 0.390 e. The molecule has 0 radical (unpaired) electrons. The number of anilines is 1. The summed E-state index contributed by atoms with van der Waals surface area (Å²) in [4.78, 5) is 50.6. The normalized spacial score (nSPS) is 37.6. The number of nitrogens with two attached hydrogens (primary N) is 1. The van der Waals surface area contributed by atoms with Gasteiger partial charge in [0.25, 0.3) is 0 Å². The number of aliphatic hydroxyl groups excluding tert-OH is 2. The third kappa shape index (κ3) is 5.69. The predicted molar refractivity (Wildman–Crippen MR) is 193 cm³/mol. The molecule has 12 atom stereocenters. The number of Topliss-reactive ketones (excluding diaryl/α,β-unsaturated/α-hetero) is 1. The number of benzene rings is 2. The first-order chi connectivity index (χ1) is 25.5. The topological polar surface area (TPSA) is 177 Å². The van der Waals surface area contributed by atoms with Gasteiger partial charge in [-0.25, -0.2) is 8.78 Å². The van der Waals surface area contributed by atoms with Gasteiger partial charge in [-0.05, 0) is 93.4 Å². The van der Waals surface area contributed by atoms with Crippen LogP contribution in [0.25, 0.3) is 0 Å². The first-order valence-corrected chi connectivity index (χ1v) is 18.5. The van der Waals surface area contributed by atoms with Gasteiger partial charge >= 0.3 is 0 Å². The molecule has 6 N–H and O–H groups in total. The summed E-state index contributed by atoms with van der Waals surface area (Å²) in [6, 6.07) is 13.2. The molecule has 4 fully saturated rings. The minimum atomic E-state index is -2.33. The van der Waals surface area contributed by atoms with E-state index < -0.39 is 94.8 Å². The number of fused-ring (bicyclic) bond motifs is 7. The third-order valence-corrected chi connectivity index (χ3v) is 12.9. The molecule has 0 spiro atoms. The van der Waals surface area contributed by atoms with Gasteiger partial charge in [-0.15, -0.1) is 0 Å². The molecule has 11 nitrogen and oxygen atoms in total. The summed E-state index contributed by atoms with van der Waals surface area (Å²) < 4.78 is 46.6. The Morgan fingerprint density at radius 2 is 1.76 bits per heavy atom. The lowest BCUT2D eigenvalue weighted by Gasteiger charge is -2.63. The highest BCUT2D eigenvalue weighted by Crippen LogP contribution is 2.72. The molecule has 0 bridgehead atoms. The van der Waals surface area contributed by atoms with E-state index in [4.69, 9.17) is 15.2 Å². The summed E-state index contributed by atoms with van der Waals surface area (Å²) >= 11 is 0. The van der Waals surface area contributed by atoms with Crippen molar-refractivity contribution in [3.05, 3.63) is 89.0 Å². The molecule has 5 unspecified atom stereocenters. The summed E-state index contributed by atoms with van der Waals surface area (Å²) in [7, 11) is 0. The molecule has 1 heterocycles. The second kappa shape index (κ2) is 13.6. The molecule has 4 aliphatic carbocycles. The minimum absolute atomic E-state index is 0.0147. The average Bonchev–Trinajstić information content (AvgIpc) is 3.63. The number of ether oxygens (including phenoxy) is 2. The van der Waals surface area contributed by atoms with Crippen LogP contribution in [0.4, 0.5) is 14.5 Å². The molecule has 2 amide bonds. The van der Waals surface area contributed by atoms with E-state index in [1.807, 2.05) is 42.5 Å². The van der Waals surface area contributed by atoms with Crippen LogP contribution in [-0.2, 0) is 35.1 Å². The van der Waals surface area contributed by atoms with Gasteiger partial charge in [0.2, 0.25) is 11.8 Å². The number of nitrogens with one attached hydrogen (secondary N) is 2. The molecule has 1 saturated heterocycles. The molecule has 54 heavy (non-hydrogen) atoms. The molecule has 7 rings (SSSR count). The number of hydrogen-bond donors (Lipinski definition) is 5. The molecule has 13 heteroatoms. The molecule has 5 aliphatic rings. The summed E-state index contributed by atoms with van der Waals surface area (Å²) in [5.41, 5.74) is 1.76. The monoisotopic (exact) mass is 747 g/mol. The molecular formula is C41H47F2N3O8. The van der Waals surface area contributed by atoms with Gasteiger partial charge < -0.3 is 36.1 Å². The van der Waals surface area contributed by atoms with Crippen molar-refractivity contribution >= 4 is 29.1 Å². The lowest BCUT2D eigenvalue weighted by molar-refractivity contribution is -0.235. The number of rotatable bonds is 9. The van der Waals surface area contributed by atoms with Crippen LogP contribution in [0.1, 0.15) is 69.9 Å². The maximum Gasteiger partial charge on any atom is 0.246 e. The van der Waals surface area contributed by atoms with Crippen LogP contribution in [0.3, 0.4) is 0 Å². The van der Waals surface area contributed by atoms with Gasteiger partial charge in [0.05, 0.1) is 18.2 Å². The Kier molecular flexibility index (Phi) is 9.58. The molecule has 0 aromatic heterocycles. The van der Waals surface area contributed by atoms with Gasteiger partial charge in [-0.2, -0.15) is 0 Å². The van der Waals surface area contributed by atoms with Crippen LogP contribution in [0.5, 0.6) is 0 Å². The van der Waals surface area contributed by atoms with E-state index in [1.165, 1.54) is 26.0 Å². The molecule has 2 aromatic rings. The van der Waals surface area contributed by atoms with Crippen molar-refractivity contribution in [1.82, 2.24) is 5.32 Å². The zero-order valence-electron chi connectivity index (χ0n) is 30.7. The van der Waals surface area contributed by atoms with Crippen LogP contribution < -0.4 is 16.4 Å². The van der Waals surface area contributed by atoms with Crippen molar-refractivity contribution < 1.29 is 47.6 Å². The second-order valence-electron chi connectivity index (χ2n) is 16.1. The first kappa shape index (κ1) is 38.1. The minimum Gasteiger partial charge on any atom is -0.390 e. The highest BCUT2D eigenvalue weighted by Gasteiger charge is 2.80. The SMILES string of the molecule is C[C@H](N)C(=O)N[C@@H](C)C(=O)Nc1cccc(Cc2ccc(C3O[C@@H]4C[C@H]5C6C[C@H](F)C7=CC(=O)C=CC7(C)[C@@]6(F)C(O)CC5(C)[C@]4(C(=O)CO)O3)cc2)c1. The Hall–Kier alpha value is -4.14. The van der Waals surface area contributed by atoms with E-state index in [9.17, 15) is 29.4 Å². The van der Waals surface area contributed by atoms with E-state index in [0.29, 0.717) is 17.7 Å². The van der Waals surface area contributed by atoms with E-state index in [2.05, 4.69) is 10.6 Å². The van der Waals surface area contributed by atoms with Crippen LogP contribution >= 0.6 is 0 Å². The number of ketones is 2. The zero-order valence-corrected chi connectivity index (χ0v) is 30.7. The van der Waals surface area contributed by atoms with Crippen molar-refractivity contribution in [2.24, 2.45) is 28.4 Å². The van der Waals surface area contributed by atoms with E-state index in [1.54, 1.807) is 19.9 Å². The van der Waals surface area contributed by atoms with Gasteiger partial charge in [-0.3, -0.25) is 19.2 Å². The Morgan fingerprint density at radius 1 is 1.04 bits per heavy atom. The number of hydrogen-bond acceptors (Lipinski definition) is 9. The highest BCUT2D eigenvalue weighted by molar-refractivity contribution is 6.01. The lowest BCUT2D eigenvalue weighted by atomic mass is 9.44. The van der Waals surface area contributed by atoms with E-state index >= 15 is 8.78 Å². The summed E-state index contributed by atoms with van der Waals surface area (Å²) in [5, 5.41) is 27.4. The van der Waals surface area contributed by atoms with E-state index in [-0.39, 0.29) is 30.7 Å². The van der Waals surface area contributed by atoms with Crippen molar-refractivity contribution in [1.29, 1.82) is 0 Å². The summed E-state index contributed by atoms with van der Waals surface area (Å²) in [6.07, 6.45) is -1.26. The number of carbonyl (C=O) groups excluding carboxylic acids is 4. The van der Waals surface area contributed by atoms with Crippen molar-refractivity contribution in [2.45, 2.75) is 101 Å². The Bertz CT molecular complexity index is 1940. The average molecular weight is 748 g/mol. The number of aliphatic hydroxyl groups is 2. The second-order valence-corrected chi connectivity index (χ2v) is 16.1. The smallest absolute Gasteiger partial charge is 0.246 e. The predicted octanol–water partition coefficient (Wildman–Crippen LogP) is 3.71. The fourth-order valence-electron chi connectivity index (χ4n) is 10.2. The molecule has 2 aromatic carbocycles. The Morgan fingerprint density at radius 3 is 2.44 bits per heavy atom. The first-order valence-electron chi connectivity index (χ1n) is 18.5. The number of carbonyl (C=O) groups is 4. The van der Waals surface area contributed by atoms with Crippen LogP contribution in [0.15, 0.2) is 72.3 Å². The summed E-state index contributed by atoms with van der Waals surface area (Å²) in [5.74, 6) is -3.57. The quantitative estimate of drug-likeness (QED) is 0.256. The number of halogens is 2. The number of amides is 2. The lowest BCUT2D eigenvalue weighted by Crippen LogP contribution is -2.70. The van der Waals surface area contributed by atoms with Crippen LogP contribution in [-0.4, -0.2) is 81.9 Å². The van der Waals surface area contributed by atoms with Crippen molar-refractivity contribution in [3.63, 3.8) is 0 Å². The third-order valence-electron chi connectivity index (χ3n) is 12.9. The summed E-state index contributed by atoms with van der Waals surface area (Å²) in [6.45, 7) is 5.51. The van der Waals surface area contributed by atoms with E-state index in [0.717, 1.165) is 17.2 Å². The zero-order chi connectivity index (χ0) is 39.0. The standard InChI is InChI=1S/C41H47F2N3O8/c1-21(44)35(51)45-22(2)36(52)46-26-7-5-6-24(15-26)14-23-8-10-25(11-9-23)37-53-34-18-28-29-17-31(42)30-16-27(48)12-13-38(30,3)40(29,43)32(49)19-39(28,4)41(34,54-37)33(50)20-47/h5-13,15-16,21-22,28-29,31-32,34,37,47,49H,14,17-20,44H2,1-4H3,(H,45,51)(H,46,52)/t21-,22-,28-,29?,31-,32?,34+,37?,38?,39?,40-,41+/m0/s1. The molecular weight excluding hydrogens is 700 g/mol. The number of allylic oxidation sites excluding steroid dienone is 4. The Labute approximate surface area is 312 Å². The number of alkyl halides is 2. The maximum absolute atomic E-state index is 17.7. The molecule has 288 valence electrons. The molecule has 3 saturated carbocycles. The Balaban J connectivity index is 1.09. The van der Waals surface area contributed by atoms with Gasteiger partial charge in [0.1, 0.15) is 18.8 Å². The van der Waals surface area contributed by atoms with Gasteiger partial charge in [-0.1, -0.05) is 49.4 Å². The fraction of sp³-hybridized carbons (Fsp3) is 0.512. The van der Waals surface area contributed by atoms with Crippen LogP contribution in [0, 0.1) is 22.7 Å². The van der Waals surface area contributed by atoms with Crippen LogP contribution in [0.2, 0.25) is 0 Å². The van der Waals surface area contributed by atoms with Crippen molar-refractivity contribution in [3.8, 4) is 0 Å². The highest BCUT2D eigenvalue weighted by atomic mass is 19.1. The molecule has 1 aliphatic heterocycles. The van der Waals surface area contributed by atoms with Crippen molar-refractivity contribution in [2.75, 3.05) is 11.9 Å². The van der Waals surface area contributed by atoms with Gasteiger partial charge in [0.15, 0.2) is 29.1 Å². The van der Waals surface area contributed by atoms with Gasteiger partial charge in [0, 0.05) is 28.0 Å². The maximum atomic E-state index is 17.7. The fourth-order valence-corrected chi connectivity index (χ4v) is 10.2.